The first kappa shape index (κ1) is 18.2. The number of nitrogen functional groups attached to an aromatic ring is 1. The van der Waals surface area contributed by atoms with Crippen molar-refractivity contribution in [2.45, 2.75) is 44.1 Å². The number of likely N-dealkylation sites (tertiary alicyclic amines) is 2. The molecular weight excluding hydrogens is 312 g/mol. The lowest BCUT2D eigenvalue weighted by Crippen LogP contribution is -2.61. The summed E-state index contributed by atoms with van der Waals surface area (Å²) in [4.78, 5) is 17.5. The van der Waals surface area contributed by atoms with Crippen LogP contribution in [0.2, 0.25) is 0 Å². The predicted molar refractivity (Wildman–Crippen MR) is 102 cm³/mol. The van der Waals surface area contributed by atoms with E-state index in [1.54, 1.807) is 0 Å². The number of benzene rings is 1. The van der Waals surface area contributed by atoms with E-state index in [4.69, 9.17) is 5.73 Å². The monoisotopic (exact) mass is 344 g/mol. The van der Waals surface area contributed by atoms with Gasteiger partial charge in [0, 0.05) is 17.8 Å². The van der Waals surface area contributed by atoms with Crippen molar-refractivity contribution in [3.05, 3.63) is 29.8 Å². The predicted octanol–water partition coefficient (Wildman–Crippen LogP) is 1.88. The second-order valence-electron chi connectivity index (χ2n) is 7.77. The molecule has 1 aromatic carbocycles. The number of anilines is 1. The van der Waals surface area contributed by atoms with Gasteiger partial charge in [0.05, 0.1) is 6.42 Å². The molecule has 138 valence electrons. The summed E-state index contributed by atoms with van der Waals surface area (Å²) < 4.78 is 0. The lowest BCUT2D eigenvalue weighted by Gasteiger charge is -2.50. The van der Waals surface area contributed by atoms with Crippen LogP contribution in [-0.2, 0) is 11.2 Å². The zero-order valence-electron chi connectivity index (χ0n) is 15.5. The number of nitrogens with zero attached hydrogens (tertiary/aromatic N) is 2. The first-order valence-electron chi connectivity index (χ1n) is 9.62. The van der Waals surface area contributed by atoms with E-state index in [2.05, 4.69) is 22.2 Å². The number of nitrogens with one attached hydrogen (secondary N) is 1. The van der Waals surface area contributed by atoms with Crippen LogP contribution >= 0.6 is 0 Å². The van der Waals surface area contributed by atoms with Crippen LogP contribution in [-0.4, -0.2) is 61.0 Å². The third-order valence-corrected chi connectivity index (χ3v) is 5.90. The molecule has 0 unspecified atom stereocenters. The van der Waals surface area contributed by atoms with Gasteiger partial charge >= 0.3 is 0 Å². The van der Waals surface area contributed by atoms with Crippen molar-refractivity contribution in [3.63, 3.8) is 0 Å². The summed E-state index contributed by atoms with van der Waals surface area (Å²) in [7, 11) is 2.19. The van der Waals surface area contributed by atoms with Crippen LogP contribution < -0.4 is 11.1 Å². The number of rotatable bonds is 5. The molecule has 1 aromatic rings. The van der Waals surface area contributed by atoms with Crippen molar-refractivity contribution in [3.8, 4) is 0 Å². The van der Waals surface area contributed by atoms with Crippen LogP contribution in [0.15, 0.2) is 24.3 Å². The summed E-state index contributed by atoms with van der Waals surface area (Å²) in [6.45, 7) is 5.36. The number of piperidine rings is 2. The van der Waals surface area contributed by atoms with E-state index in [-0.39, 0.29) is 11.4 Å². The molecule has 3 N–H and O–H groups in total. The van der Waals surface area contributed by atoms with Gasteiger partial charge in [-0.25, -0.2) is 0 Å². The number of hydrogen-bond donors (Lipinski definition) is 2. The van der Waals surface area contributed by atoms with E-state index in [1.807, 2.05) is 24.3 Å². The van der Waals surface area contributed by atoms with Gasteiger partial charge in [0.25, 0.3) is 0 Å². The number of carbonyl (C=O) groups is 1. The molecule has 0 saturated carbocycles. The summed E-state index contributed by atoms with van der Waals surface area (Å²) in [5.74, 6) is 0.111. The molecule has 2 heterocycles. The lowest BCUT2D eigenvalue weighted by atomic mass is 9.84. The SMILES string of the molecule is CN1CCC(CNC(=O)Cc2ccc(N)cc2)(N2CCCCC2)CC1. The average Bonchev–Trinajstić information content (AvgIpc) is 2.64. The minimum Gasteiger partial charge on any atom is -0.399 e. The summed E-state index contributed by atoms with van der Waals surface area (Å²) in [6.07, 6.45) is 6.64. The van der Waals surface area contributed by atoms with Crippen LogP contribution in [0, 0.1) is 0 Å². The average molecular weight is 345 g/mol. The normalized spacial score (nSPS) is 21.8. The van der Waals surface area contributed by atoms with Gasteiger partial charge in [0.2, 0.25) is 5.91 Å². The summed E-state index contributed by atoms with van der Waals surface area (Å²) in [5.41, 5.74) is 7.61. The molecule has 1 amide bonds. The van der Waals surface area contributed by atoms with Crippen LogP contribution in [0.3, 0.4) is 0 Å². The highest BCUT2D eigenvalue weighted by Crippen LogP contribution is 2.30. The Morgan fingerprint density at radius 1 is 1.08 bits per heavy atom. The van der Waals surface area contributed by atoms with Crippen molar-refractivity contribution < 1.29 is 4.79 Å². The molecule has 2 saturated heterocycles. The van der Waals surface area contributed by atoms with Gasteiger partial charge in [0.15, 0.2) is 0 Å². The molecule has 0 spiro atoms. The minimum absolute atomic E-state index is 0.111. The molecule has 5 heteroatoms. The highest BCUT2D eigenvalue weighted by Gasteiger charge is 2.39. The largest absolute Gasteiger partial charge is 0.399 e. The third-order valence-electron chi connectivity index (χ3n) is 5.90. The Labute approximate surface area is 151 Å². The van der Waals surface area contributed by atoms with E-state index in [0.29, 0.717) is 6.42 Å². The van der Waals surface area contributed by atoms with Crippen molar-refractivity contribution >= 4 is 11.6 Å². The highest BCUT2D eigenvalue weighted by atomic mass is 16.1. The van der Waals surface area contributed by atoms with Gasteiger partial charge < -0.3 is 16.0 Å². The molecule has 0 radical (unpaired) electrons. The Kier molecular flexibility index (Phi) is 5.97. The fraction of sp³-hybridized carbons (Fsp3) is 0.650. The number of hydrogen-bond acceptors (Lipinski definition) is 4. The van der Waals surface area contributed by atoms with Crippen LogP contribution in [0.25, 0.3) is 0 Å². The van der Waals surface area contributed by atoms with Gasteiger partial charge in [-0.05, 0) is 76.6 Å². The summed E-state index contributed by atoms with van der Waals surface area (Å²) >= 11 is 0. The molecule has 2 fully saturated rings. The zero-order chi connectivity index (χ0) is 17.7. The first-order chi connectivity index (χ1) is 12.1. The fourth-order valence-electron chi connectivity index (χ4n) is 4.15. The Morgan fingerprint density at radius 2 is 1.72 bits per heavy atom. The topological polar surface area (TPSA) is 61.6 Å². The first-order valence-corrected chi connectivity index (χ1v) is 9.62. The number of nitrogens with two attached hydrogens (primary N) is 1. The van der Waals surface area contributed by atoms with E-state index < -0.39 is 0 Å². The van der Waals surface area contributed by atoms with Gasteiger partial charge in [-0.3, -0.25) is 9.69 Å². The quantitative estimate of drug-likeness (QED) is 0.801. The molecule has 25 heavy (non-hydrogen) atoms. The molecule has 0 atom stereocenters. The molecular formula is C20H32N4O. The van der Waals surface area contributed by atoms with Gasteiger partial charge in [-0.1, -0.05) is 18.6 Å². The van der Waals surface area contributed by atoms with E-state index >= 15 is 0 Å². The maximum atomic E-state index is 12.5. The van der Waals surface area contributed by atoms with Crippen molar-refractivity contribution in [2.75, 3.05) is 45.5 Å². The number of carbonyl (C=O) groups excluding carboxylic acids is 1. The summed E-state index contributed by atoms with van der Waals surface area (Å²) in [5, 5.41) is 3.24. The maximum Gasteiger partial charge on any atom is 0.224 e. The molecule has 3 rings (SSSR count). The third kappa shape index (κ3) is 4.73. The summed E-state index contributed by atoms with van der Waals surface area (Å²) in [6, 6.07) is 7.58. The Hall–Kier alpha value is -1.59. The Balaban J connectivity index is 1.59. The zero-order valence-corrected chi connectivity index (χ0v) is 15.5. The van der Waals surface area contributed by atoms with E-state index in [9.17, 15) is 4.79 Å². The Morgan fingerprint density at radius 3 is 2.36 bits per heavy atom. The van der Waals surface area contributed by atoms with Crippen molar-refractivity contribution in [1.82, 2.24) is 15.1 Å². The molecule has 2 aliphatic heterocycles. The smallest absolute Gasteiger partial charge is 0.224 e. The van der Waals surface area contributed by atoms with Crippen molar-refractivity contribution in [1.29, 1.82) is 0 Å². The van der Waals surface area contributed by atoms with Gasteiger partial charge in [-0.15, -0.1) is 0 Å². The maximum absolute atomic E-state index is 12.5. The fourth-order valence-corrected chi connectivity index (χ4v) is 4.15. The van der Waals surface area contributed by atoms with E-state index in [0.717, 1.165) is 43.7 Å². The standard InChI is InChI=1S/C20H32N4O/c1-23-13-9-20(10-14-23,24-11-3-2-4-12-24)16-22-19(25)15-17-5-7-18(21)8-6-17/h5-8H,2-4,9-16,21H2,1H3,(H,22,25). The molecule has 0 bridgehead atoms. The van der Waals surface area contributed by atoms with Crippen LogP contribution in [0.5, 0.6) is 0 Å². The molecule has 5 nitrogen and oxygen atoms in total. The molecule has 0 aromatic heterocycles. The van der Waals surface area contributed by atoms with Crippen molar-refractivity contribution in [2.24, 2.45) is 0 Å². The second-order valence-corrected chi connectivity index (χ2v) is 7.77. The van der Waals surface area contributed by atoms with Gasteiger partial charge in [-0.2, -0.15) is 0 Å². The highest BCUT2D eigenvalue weighted by molar-refractivity contribution is 5.78. The van der Waals surface area contributed by atoms with Crippen LogP contribution in [0.1, 0.15) is 37.7 Å². The van der Waals surface area contributed by atoms with Crippen LogP contribution in [0.4, 0.5) is 5.69 Å². The minimum atomic E-state index is 0.111. The molecule has 2 aliphatic rings. The molecule has 0 aliphatic carbocycles. The lowest BCUT2D eigenvalue weighted by molar-refractivity contribution is -0.121. The van der Waals surface area contributed by atoms with Gasteiger partial charge in [0.1, 0.15) is 0 Å². The number of amides is 1. The Bertz CT molecular complexity index is 558. The second kappa shape index (κ2) is 8.19. The van der Waals surface area contributed by atoms with E-state index in [1.165, 1.54) is 32.4 Å².